The number of rotatable bonds is 2. The Morgan fingerprint density at radius 3 is 2.60 bits per heavy atom. The number of nitrogens with zero attached hydrogens (tertiary/aromatic N) is 1. The zero-order valence-electron chi connectivity index (χ0n) is 8.24. The molecule has 0 spiro atoms. The van der Waals surface area contributed by atoms with Gasteiger partial charge in [0.15, 0.2) is 0 Å². The lowest BCUT2D eigenvalue weighted by Crippen LogP contribution is -2.18. The monoisotopic (exact) mass is 209 g/mol. The van der Waals surface area contributed by atoms with E-state index in [0.29, 0.717) is 0 Å². The molecule has 3 nitrogen and oxygen atoms in total. The summed E-state index contributed by atoms with van der Waals surface area (Å²) in [6.45, 7) is 1.84. The Balaban J connectivity index is 2.33. The second-order valence-electron chi connectivity index (χ2n) is 3.66. The number of aromatic carboxylic acids is 1. The van der Waals surface area contributed by atoms with E-state index in [9.17, 15) is 9.18 Å². The Morgan fingerprint density at radius 2 is 2.00 bits per heavy atom. The molecule has 0 amide bonds. The van der Waals surface area contributed by atoms with Crippen LogP contribution >= 0.6 is 0 Å². The number of benzene rings is 1. The van der Waals surface area contributed by atoms with Gasteiger partial charge in [-0.15, -0.1) is 0 Å². The first-order valence-electron chi connectivity index (χ1n) is 4.96. The highest BCUT2D eigenvalue weighted by molar-refractivity contribution is 5.89. The van der Waals surface area contributed by atoms with E-state index in [1.54, 1.807) is 6.07 Å². The lowest BCUT2D eigenvalue weighted by Gasteiger charge is -2.17. The molecule has 0 aromatic heterocycles. The average molecular weight is 209 g/mol. The smallest absolute Gasteiger partial charge is 0.338 e. The van der Waals surface area contributed by atoms with Gasteiger partial charge < -0.3 is 10.0 Å². The summed E-state index contributed by atoms with van der Waals surface area (Å²) in [6.07, 6.45) is 2.22. The van der Waals surface area contributed by atoms with Gasteiger partial charge >= 0.3 is 5.97 Å². The highest BCUT2D eigenvalue weighted by Crippen LogP contribution is 2.22. The number of hydrogen-bond acceptors (Lipinski definition) is 2. The molecule has 2 rings (SSSR count). The van der Waals surface area contributed by atoms with Crippen LogP contribution in [0.2, 0.25) is 0 Å². The number of carboxylic acids is 1. The second-order valence-corrected chi connectivity index (χ2v) is 3.66. The molecule has 4 heteroatoms. The minimum atomic E-state index is -1.21. The number of hydrogen-bond donors (Lipinski definition) is 1. The first kappa shape index (κ1) is 9.96. The zero-order valence-corrected chi connectivity index (χ0v) is 8.24. The Morgan fingerprint density at radius 1 is 1.33 bits per heavy atom. The summed E-state index contributed by atoms with van der Waals surface area (Å²) in [7, 11) is 0. The molecule has 0 saturated carbocycles. The Kier molecular flexibility index (Phi) is 2.58. The van der Waals surface area contributed by atoms with Crippen LogP contribution in [0.15, 0.2) is 18.2 Å². The van der Waals surface area contributed by atoms with Crippen molar-refractivity contribution in [2.75, 3.05) is 18.0 Å². The van der Waals surface area contributed by atoms with Crippen molar-refractivity contribution < 1.29 is 14.3 Å². The van der Waals surface area contributed by atoms with Crippen LogP contribution in [0.25, 0.3) is 0 Å². The lowest BCUT2D eigenvalue weighted by atomic mass is 10.2. The quantitative estimate of drug-likeness (QED) is 0.811. The predicted molar refractivity (Wildman–Crippen MR) is 54.8 cm³/mol. The van der Waals surface area contributed by atoms with E-state index in [1.165, 1.54) is 12.1 Å². The molecular weight excluding hydrogens is 197 g/mol. The van der Waals surface area contributed by atoms with Crippen molar-refractivity contribution >= 4 is 11.7 Å². The van der Waals surface area contributed by atoms with Gasteiger partial charge in [-0.2, -0.15) is 0 Å². The minimum absolute atomic E-state index is 0.251. The number of halogens is 1. The molecule has 1 aromatic carbocycles. The molecule has 1 heterocycles. The maximum Gasteiger partial charge on any atom is 0.338 e. The Labute approximate surface area is 87.1 Å². The molecule has 1 aromatic rings. The second kappa shape index (κ2) is 3.88. The molecule has 15 heavy (non-hydrogen) atoms. The highest BCUT2D eigenvalue weighted by Gasteiger charge is 2.16. The Bertz CT molecular complexity index is 386. The van der Waals surface area contributed by atoms with Crippen LogP contribution in [0, 0.1) is 5.82 Å². The van der Waals surface area contributed by atoms with Crippen molar-refractivity contribution in [1.29, 1.82) is 0 Å². The molecular formula is C11H12FNO2. The summed E-state index contributed by atoms with van der Waals surface area (Å²) in [4.78, 5) is 12.8. The van der Waals surface area contributed by atoms with E-state index < -0.39 is 11.8 Å². The van der Waals surface area contributed by atoms with E-state index in [0.717, 1.165) is 31.6 Å². The number of carbonyl (C=O) groups is 1. The third kappa shape index (κ3) is 1.93. The van der Waals surface area contributed by atoms with Crippen LogP contribution in [0.3, 0.4) is 0 Å². The van der Waals surface area contributed by atoms with Crippen LogP contribution in [-0.2, 0) is 0 Å². The van der Waals surface area contributed by atoms with E-state index in [2.05, 4.69) is 4.90 Å². The molecule has 1 N–H and O–H groups in total. The Hall–Kier alpha value is -1.58. The molecule has 0 atom stereocenters. The normalized spacial score (nSPS) is 15.7. The van der Waals surface area contributed by atoms with Gasteiger partial charge in [-0.3, -0.25) is 0 Å². The summed E-state index contributed by atoms with van der Waals surface area (Å²) in [5.74, 6) is -1.89. The van der Waals surface area contributed by atoms with E-state index in [1.807, 2.05) is 0 Å². The third-order valence-corrected chi connectivity index (χ3v) is 2.65. The summed E-state index contributed by atoms with van der Waals surface area (Å²) < 4.78 is 13.1. The molecule has 0 radical (unpaired) electrons. The molecule has 1 saturated heterocycles. The summed E-state index contributed by atoms with van der Waals surface area (Å²) in [5, 5.41) is 8.77. The standard InChI is InChI=1S/C11H12FNO2/c12-10-4-3-8(7-9(10)11(14)15)13-5-1-2-6-13/h3-4,7H,1-2,5-6H2,(H,14,15). The molecule has 0 bridgehead atoms. The van der Waals surface area contributed by atoms with Crippen LogP contribution < -0.4 is 4.90 Å². The predicted octanol–water partition coefficient (Wildman–Crippen LogP) is 2.12. The fourth-order valence-electron chi connectivity index (χ4n) is 1.85. The number of carboxylic acid groups (broad SMARTS) is 1. The summed E-state index contributed by atoms with van der Waals surface area (Å²) >= 11 is 0. The van der Waals surface area contributed by atoms with E-state index in [4.69, 9.17) is 5.11 Å². The largest absolute Gasteiger partial charge is 0.478 e. The molecule has 0 aliphatic carbocycles. The van der Waals surface area contributed by atoms with Gasteiger partial charge in [0.05, 0.1) is 5.56 Å². The van der Waals surface area contributed by atoms with Crippen molar-refractivity contribution in [2.24, 2.45) is 0 Å². The molecule has 1 aliphatic rings. The SMILES string of the molecule is O=C(O)c1cc(N2CCCC2)ccc1F. The zero-order chi connectivity index (χ0) is 10.8. The summed E-state index contributed by atoms with van der Waals surface area (Å²) in [5.41, 5.74) is 0.547. The van der Waals surface area contributed by atoms with E-state index in [-0.39, 0.29) is 5.56 Å². The van der Waals surface area contributed by atoms with Crippen LogP contribution in [-0.4, -0.2) is 24.2 Å². The summed E-state index contributed by atoms with van der Waals surface area (Å²) in [6, 6.07) is 4.26. The fourth-order valence-corrected chi connectivity index (χ4v) is 1.85. The topological polar surface area (TPSA) is 40.5 Å². The molecule has 1 fully saturated rings. The van der Waals surface area contributed by atoms with Crippen molar-refractivity contribution in [3.63, 3.8) is 0 Å². The first-order valence-corrected chi connectivity index (χ1v) is 4.96. The van der Waals surface area contributed by atoms with Gasteiger partial charge in [-0.25, -0.2) is 9.18 Å². The fraction of sp³-hybridized carbons (Fsp3) is 0.364. The van der Waals surface area contributed by atoms with Crippen molar-refractivity contribution in [3.05, 3.63) is 29.6 Å². The van der Waals surface area contributed by atoms with Crippen molar-refractivity contribution in [1.82, 2.24) is 0 Å². The van der Waals surface area contributed by atoms with Crippen molar-refractivity contribution in [3.8, 4) is 0 Å². The van der Waals surface area contributed by atoms with Gasteiger partial charge in [-0.1, -0.05) is 0 Å². The van der Waals surface area contributed by atoms with Crippen molar-refractivity contribution in [2.45, 2.75) is 12.8 Å². The average Bonchev–Trinajstić information content (AvgIpc) is 2.71. The van der Waals surface area contributed by atoms with Gasteiger partial charge in [0.2, 0.25) is 0 Å². The van der Waals surface area contributed by atoms with Gasteiger partial charge in [0, 0.05) is 18.8 Å². The molecule has 80 valence electrons. The molecule has 1 aliphatic heterocycles. The van der Waals surface area contributed by atoms with Gasteiger partial charge in [0.1, 0.15) is 5.82 Å². The highest BCUT2D eigenvalue weighted by atomic mass is 19.1. The number of anilines is 1. The van der Waals surface area contributed by atoms with E-state index >= 15 is 0 Å². The minimum Gasteiger partial charge on any atom is -0.478 e. The maximum atomic E-state index is 13.1. The van der Waals surface area contributed by atoms with Crippen LogP contribution in [0.4, 0.5) is 10.1 Å². The maximum absolute atomic E-state index is 13.1. The van der Waals surface area contributed by atoms with Crippen LogP contribution in [0.5, 0.6) is 0 Å². The third-order valence-electron chi connectivity index (χ3n) is 2.65. The lowest BCUT2D eigenvalue weighted by molar-refractivity contribution is 0.0692. The van der Waals surface area contributed by atoms with Gasteiger partial charge in [-0.05, 0) is 31.0 Å². The van der Waals surface area contributed by atoms with Crippen LogP contribution in [0.1, 0.15) is 23.2 Å². The first-order chi connectivity index (χ1) is 7.18. The molecule has 0 unspecified atom stereocenters. The van der Waals surface area contributed by atoms with Gasteiger partial charge in [0.25, 0.3) is 0 Å².